The van der Waals surface area contributed by atoms with Crippen molar-refractivity contribution >= 4 is 5.69 Å². The van der Waals surface area contributed by atoms with Crippen LogP contribution in [0.5, 0.6) is 11.5 Å². The van der Waals surface area contributed by atoms with Crippen molar-refractivity contribution in [3.05, 3.63) is 64.2 Å². The van der Waals surface area contributed by atoms with Crippen molar-refractivity contribution < 1.29 is 19.5 Å². The monoisotopic (exact) mass is 289 g/mol. The van der Waals surface area contributed by atoms with Gasteiger partial charge in [-0.05, 0) is 23.8 Å². The van der Waals surface area contributed by atoms with Crippen molar-refractivity contribution in [1.29, 1.82) is 0 Å². The van der Waals surface area contributed by atoms with Gasteiger partial charge in [-0.15, -0.1) is 0 Å². The fraction of sp³-hybridized carbons (Fsp3) is 0.200. The van der Waals surface area contributed by atoms with Crippen molar-refractivity contribution in [3.63, 3.8) is 0 Å². The van der Waals surface area contributed by atoms with Gasteiger partial charge in [0.2, 0.25) is 0 Å². The number of nitrogens with zero attached hydrogens (tertiary/aromatic N) is 1. The molecule has 6 heteroatoms. The topological polar surface area (TPSA) is 81.8 Å². The van der Waals surface area contributed by atoms with E-state index in [1.807, 2.05) is 0 Å². The zero-order chi connectivity index (χ0) is 15.2. The number of nitro benzene ring substituents is 1. The molecule has 0 saturated carbocycles. The van der Waals surface area contributed by atoms with E-state index in [1.54, 1.807) is 36.4 Å². The average molecular weight is 289 g/mol. The summed E-state index contributed by atoms with van der Waals surface area (Å²) in [5, 5.41) is 20.9. The highest BCUT2D eigenvalue weighted by Gasteiger charge is 2.16. The lowest BCUT2D eigenvalue weighted by atomic mass is 10.1. The summed E-state index contributed by atoms with van der Waals surface area (Å²) < 4.78 is 10.4. The second-order valence-corrected chi connectivity index (χ2v) is 4.33. The average Bonchev–Trinajstić information content (AvgIpc) is 2.52. The molecule has 2 aromatic rings. The maximum absolute atomic E-state index is 10.9. The van der Waals surface area contributed by atoms with E-state index >= 15 is 0 Å². The van der Waals surface area contributed by atoms with Crippen LogP contribution in [0.25, 0.3) is 0 Å². The van der Waals surface area contributed by atoms with Gasteiger partial charge in [0, 0.05) is 6.07 Å². The van der Waals surface area contributed by atoms with Crippen LogP contribution in [0, 0.1) is 10.1 Å². The molecule has 2 aromatic carbocycles. The van der Waals surface area contributed by atoms with E-state index in [4.69, 9.17) is 9.47 Å². The number of ether oxygens (including phenoxy) is 2. The number of para-hydroxylation sites is 2. The predicted molar refractivity (Wildman–Crippen MR) is 76.5 cm³/mol. The van der Waals surface area contributed by atoms with Gasteiger partial charge in [-0.2, -0.15) is 0 Å². The molecule has 0 aliphatic rings. The minimum absolute atomic E-state index is 0.0853. The quantitative estimate of drug-likeness (QED) is 0.653. The molecule has 0 bridgehead atoms. The Labute approximate surface area is 121 Å². The number of aliphatic hydroxyl groups is 1. The van der Waals surface area contributed by atoms with Crippen molar-refractivity contribution in [1.82, 2.24) is 0 Å². The van der Waals surface area contributed by atoms with Crippen LogP contribution < -0.4 is 9.47 Å². The minimum Gasteiger partial charge on any atom is -0.497 e. The summed E-state index contributed by atoms with van der Waals surface area (Å²) in [5.74, 6) is 0.752. The van der Waals surface area contributed by atoms with E-state index in [0.717, 1.165) is 0 Å². The van der Waals surface area contributed by atoms with E-state index in [1.165, 1.54) is 19.2 Å². The molecule has 2 rings (SSSR count). The van der Waals surface area contributed by atoms with Gasteiger partial charge < -0.3 is 14.6 Å². The van der Waals surface area contributed by atoms with Crippen LogP contribution in [0.1, 0.15) is 11.7 Å². The lowest BCUT2D eigenvalue weighted by molar-refractivity contribution is -0.385. The highest BCUT2D eigenvalue weighted by atomic mass is 16.6. The molecular formula is C15H15NO5. The van der Waals surface area contributed by atoms with Crippen LogP contribution in [0.4, 0.5) is 5.69 Å². The molecule has 0 radical (unpaired) electrons. The summed E-state index contributed by atoms with van der Waals surface area (Å²) in [5.41, 5.74) is 0.489. The molecule has 1 N–H and O–H groups in total. The maximum Gasteiger partial charge on any atom is 0.310 e. The number of nitro groups is 1. The largest absolute Gasteiger partial charge is 0.497 e. The van der Waals surface area contributed by atoms with Crippen molar-refractivity contribution in [3.8, 4) is 11.5 Å². The zero-order valence-electron chi connectivity index (χ0n) is 11.4. The van der Waals surface area contributed by atoms with Crippen LogP contribution in [0.3, 0.4) is 0 Å². The molecule has 0 saturated heterocycles. The van der Waals surface area contributed by atoms with Crippen LogP contribution >= 0.6 is 0 Å². The highest BCUT2D eigenvalue weighted by molar-refractivity contribution is 5.45. The molecule has 0 heterocycles. The molecule has 0 aromatic heterocycles. The van der Waals surface area contributed by atoms with E-state index < -0.39 is 11.0 Å². The summed E-state index contributed by atoms with van der Waals surface area (Å²) in [7, 11) is 1.54. The Morgan fingerprint density at radius 2 is 2.00 bits per heavy atom. The third-order valence-electron chi connectivity index (χ3n) is 2.94. The number of aliphatic hydroxyl groups excluding tert-OH is 1. The van der Waals surface area contributed by atoms with Crippen molar-refractivity contribution in [2.24, 2.45) is 0 Å². The van der Waals surface area contributed by atoms with Gasteiger partial charge in [0.25, 0.3) is 0 Å². The van der Waals surface area contributed by atoms with E-state index in [0.29, 0.717) is 11.3 Å². The standard InChI is InChI=1S/C15H15NO5/c1-20-12-6-4-5-11(9-12)14(17)10-21-15-8-3-2-7-13(15)16(18)19/h2-9,14,17H,10H2,1H3. The SMILES string of the molecule is COc1cccc(C(O)COc2ccccc2[N+](=O)[O-])c1. The van der Waals surface area contributed by atoms with Gasteiger partial charge >= 0.3 is 5.69 Å². The normalized spacial score (nSPS) is 11.7. The first-order chi connectivity index (χ1) is 10.1. The van der Waals surface area contributed by atoms with E-state index in [-0.39, 0.29) is 18.0 Å². The molecular weight excluding hydrogens is 274 g/mol. The highest BCUT2D eigenvalue weighted by Crippen LogP contribution is 2.27. The number of hydrogen-bond acceptors (Lipinski definition) is 5. The van der Waals surface area contributed by atoms with Gasteiger partial charge in [-0.1, -0.05) is 24.3 Å². The third-order valence-corrected chi connectivity index (χ3v) is 2.94. The third kappa shape index (κ3) is 3.70. The predicted octanol–water partition coefficient (Wildman–Crippen LogP) is 2.72. The molecule has 0 aliphatic carbocycles. The Morgan fingerprint density at radius 3 is 2.71 bits per heavy atom. The lowest BCUT2D eigenvalue weighted by Crippen LogP contribution is -2.10. The number of rotatable bonds is 6. The van der Waals surface area contributed by atoms with E-state index in [9.17, 15) is 15.2 Å². The first-order valence-electron chi connectivity index (χ1n) is 6.30. The minimum atomic E-state index is -0.903. The molecule has 110 valence electrons. The summed E-state index contributed by atoms with van der Waals surface area (Å²) in [6.45, 7) is -0.0853. The molecule has 1 atom stereocenters. The molecule has 6 nitrogen and oxygen atoms in total. The first kappa shape index (κ1) is 14.8. The number of benzene rings is 2. The Hall–Kier alpha value is -2.60. The van der Waals surface area contributed by atoms with Crippen molar-refractivity contribution in [2.75, 3.05) is 13.7 Å². The van der Waals surface area contributed by atoms with Gasteiger partial charge in [0.15, 0.2) is 5.75 Å². The van der Waals surface area contributed by atoms with Gasteiger partial charge in [-0.3, -0.25) is 10.1 Å². The van der Waals surface area contributed by atoms with Crippen LogP contribution in [0.2, 0.25) is 0 Å². The van der Waals surface area contributed by atoms with Gasteiger partial charge in [-0.25, -0.2) is 0 Å². The van der Waals surface area contributed by atoms with Crippen molar-refractivity contribution in [2.45, 2.75) is 6.10 Å². The second-order valence-electron chi connectivity index (χ2n) is 4.33. The summed E-state index contributed by atoms with van der Waals surface area (Å²) in [6.07, 6.45) is -0.903. The lowest BCUT2D eigenvalue weighted by Gasteiger charge is -2.13. The number of hydrogen-bond donors (Lipinski definition) is 1. The molecule has 0 fully saturated rings. The summed E-state index contributed by atoms with van der Waals surface area (Å²) >= 11 is 0. The maximum atomic E-state index is 10.9. The molecule has 0 aliphatic heterocycles. The fourth-order valence-electron chi connectivity index (χ4n) is 1.84. The van der Waals surface area contributed by atoms with Crippen LogP contribution in [-0.4, -0.2) is 23.7 Å². The Morgan fingerprint density at radius 1 is 1.24 bits per heavy atom. The Kier molecular flexibility index (Phi) is 4.73. The molecule has 0 spiro atoms. The summed E-state index contributed by atoms with van der Waals surface area (Å²) in [6, 6.07) is 13.0. The Balaban J connectivity index is 2.07. The molecule has 0 amide bonds. The Bertz CT molecular complexity index is 629. The van der Waals surface area contributed by atoms with Gasteiger partial charge in [0.1, 0.15) is 18.5 Å². The molecule has 1 unspecified atom stereocenters. The zero-order valence-corrected chi connectivity index (χ0v) is 11.4. The second kappa shape index (κ2) is 6.71. The molecule has 21 heavy (non-hydrogen) atoms. The summed E-state index contributed by atoms with van der Waals surface area (Å²) in [4.78, 5) is 10.3. The number of methoxy groups -OCH3 is 1. The van der Waals surface area contributed by atoms with Gasteiger partial charge in [0.05, 0.1) is 12.0 Å². The van der Waals surface area contributed by atoms with E-state index in [2.05, 4.69) is 0 Å². The van der Waals surface area contributed by atoms with Crippen LogP contribution in [0.15, 0.2) is 48.5 Å². The fourth-order valence-corrected chi connectivity index (χ4v) is 1.84. The van der Waals surface area contributed by atoms with Crippen LogP contribution in [-0.2, 0) is 0 Å². The smallest absolute Gasteiger partial charge is 0.310 e. The first-order valence-corrected chi connectivity index (χ1v) is 6.30.